The number of morpholine rings is 2. The first-order valence-corrected chi connectivity index (χ1v) is 10.1. The average molecular weight is 417 g/mol. The molecule has 9 nitrogen and oxygen atoms in total. The van der Waals surface area contributed by atoms with Crippen LogP contribution in [0.4, 0.5) is 26.5 Å². The molecule has 158 valence electrons. The van der Waals surface area contributed by atoms with Crippen molar-refractivity contribution < 1.29 is 18.3 Å². The molecule has 0 aliphatic carbocycles. The Balaban J connectivity index is 1.47. The maximum atomic E-state index is 13.7. The molecule has 4 aliphatic heterocycles. The quantitative estimate of drug-likeness (QED) is 0.791. The fourth-order valence-corrected chi connectivity index (χ4v) is 4.89. The van der Waals surface area contributed by atoms with Gasteiger partial charge in [0.25, 0.3) is 6.43 Å². The van der Waals surface area contributed by atoms with Gasteiger partial charge in [-0.1, -0.05) is 0 Å². The summed E-state index contributed by atoms with van der Waals surface area (Å²) in [4.78, 5) is 22.2. The minimum atomic E-state index is -2.72. The summed E-state index contributed by atoms with van der Waals surface area (Å²) in [6, 6.07) is 1.98. The lowest BCUT2D eigenvalue weighted by Gasteiger charge is -2.53. The van der Waals surface area contributed by atoms with Crippen LogP contribution in [0.2, 0.25) is 0 Å². The van der Waals surface area contributed by atoms with Crippen molar-refractivity contribution in [2.75, 3.05) is 42.0 Å². The highest BCUT2D eigenvalue weighted by Crippen LogP contribution is 2.39. The van der Waals surface area contributed by atoms with E-state index in [0.717, 1.165) is 12.8 Å². The first-order valence-electron chi connectivity index (χ1n) is 10.1. The summed E-state index contributed by atoms with van der Waals surface area (Å²) in [5, 5.41) is 0. The molecule has 6 heterocycles. The largest absolute Gasteiger partial charge is 0.384 e. The molecular formula is C19H21F2N7O2. The van der Waals surface area contributed by atoms with Crippen LogP contribution in [0, 0.1) is 0 Å². The number of pyridine rings is 1. The Labute approximate surface area is 171 Å². The third-order valence-corrected chi connectivity index (χ3v) is 6.41. The van der Waals surface area contributed by atoms with Crippen LogP contribution in [0.15, 0.2) is 12.3 Å². The Morgan fingerprint density at radius 3 is 1.90 bits per heavy atom. The minimum Gasteiger partial charge on any atom is -0.384 e. The van der Waals surface area contributed by atoms with Crippen LogP contribution in [0.1, 0.15) is 24.8 Å². The smallest absolute Gasteiger partial charge is 0.264 e. The van der Waals surface area contributed by atoms with Crippen molar-refractivity contribution in [2.24, 2.45) is 0 Å². The predicted octanol–water partition coefficient (Wildman–Crippen LogP) is 1.41. The molecule has 0 saturated carbocycles. The van der Waals surface area contributed by atoms with Gasteiger partial charge in [0.15, 0.2) is 5.82 Å². The highest BCUT2D eigenvalue weighted by molar-refractivity contribution is 5.65. The number of nitrogen functional groups attached to an aromatic ring is 1. The van der Waals surface area contributed by atoms with Crippen molar-refractivity contribution >= 4 is 17.7 Å². The van der Waals surface area contributed by atoms with Crippen molar-refractivity contribution in [3.8, 4) is 11.4 Å². The topological polar surface area (TPSA) is 103 Å². The van der Waals surface area contributed by atoms with Crippen LogP contribution in [-0.4, -0.2) is 70.5 Å². The maximum Gasteiger partial charge on any atom is 0.264 e. The molecular weight excluding hydrogens is 396 g/mol. The molecule has 0 amide bonds. The van der Waals surface area contributed by atoms with Crippen molar-refractivity contribution in [3.63, 3.8) is 0 Å². The first-order chi connectivity index (χ1) is 14.6. The molecule has 0 radical (unpaired) electrons. The number of nitrogens with zero attached hydrogens (tertiary/aromatic N) is 6. The van der Waals surface area contributed by atoms with Crippen LogP contribution < -0.4 is 15.5 Å². The van der Waals surface area contributed by atoms with Crippen molar-refractivity contribution in [3.05, 3.63) is 17.8 Å². The number of alkyl halides is 2. The fourth-order valence-electron chi connectivity index (χ4n) is 4.89. The van der Waals surface area contributed by atoms with E-state index in [9.17, 15) is 8.78 Å². The summed E-state index contributed by atoms with van der Waals surface area (Å²) < 4.78 is 38.6. The van der Waals surface area contributed by atoms with Crippen molar-refractivity contribution in [2.45, 2.75) is 43.4 Å². The van der Waals surface area contributed by atoms with E-state index in [1.54, 1.807) is 0 Å². The number of fused-ring (bicyclic) bond motifs is 4. The number of anilines is 3. The van der Waals surface area contributed by atoms with E-state index < -0.39 is 6.43 Å². The van der Waals surface area contributed by atoms with Gasteiger partial charge in [-0.05, 0) is 18.9 Å². The zero-order valence-corrected chi connectivity index (χ0v) is 16.1. The monoisotopic (exact) mass is 417 g/mol. The van der Waals surface area contributed by atoms with Gasteiger partial charge in [0.1, 0.15) is 5.82 Å². The normalized spacial score (nSPS) is 29.6. The summed E-state index contributed by atoms with van der Waals surface area (Å²) in [6.07, 6.45) is 0.637. The molecule has 4 aliphatic rings. The van der Waals surface area contributed by atoms with Gasteiger partial charge in [-0.3, -0.25) is 0 Å². The van der Waals surface area contributed by atoms with Crippen LogP contribution >= 0.6 is 0 Å². The van der Waals surface area contributed by atoms with Crippen molar-refractivity contribution in [1.82, 2.24) is 19.9 Å². The third-order valence-electron chi connectivity index (χ3n) is 6.41. The standard InChI is InChI=1S/C19H21F2N7O2/c20-16(21)13-3-15(22)23-4-14(13)17-24-18(27-9-1-10(27)6-29-5-9)26-19(25-17)28-11-2-12(28)8-30-7-11/h3-4,9-12,16H,1-2,5-8H2,(H2,22,23). The van der Waals surface area contributed by atoms with Gasteiger partial charge < -0.3 is 25.0 Å². The number of nitrogens with two attached hydrogens (primary N) is 1. The van der Waals surface area contributed by atoms with E-state index in [1.165, 1.54) is 12.3 Å². The zero-order valence-electron chi connectivity index (χ0n) is 16.1. The lowest BCUT2D eigenvalue weighted by atomic mass is 9.91. The highest BCUT2D eigenvalue weighted by atomic mass is 19.3. The van der Waals surface area contributed by atoms with E-state index in [0.29, 0.717) is 38.3 Å². The molecule has 4 bridgehead atoms. The second-order valence-corrected chi connectivity index (χ2v) is 8.23. The Morgan fingerprint density at radius 2 is 1.43 bits per heavy atom. The van der Waals surface area contributed by atoms with Gasteiger partial charge in [0.2, 0.25) is 11.9 Å². The molecule has 4 unspecified atom stereocenters. The van der Waals surface area contributed by atoms with Gasteiger partial charge in [-0.15, -0.1) is 0 Å². The average Bonchev–Trinajstić information content (AvgIpc) is 2.74. The van der Waals surface area contributed by atoms with Crippen LogP contribution in [0.25, 0.3) is 11.4 Å². The summed E-state index contributed by atoms with van der Waals surface area (Å²) in [5.41, 5.74) is 5.59. The molecule has 11 heteroatoms. The molecule has 2 aromatic rings. The molecule has 2 N–H and O–H groups in total. The minimum absolute atomic E-state index is 0.0346. The molecule has 0 spiro atoms. The second kappa shape index (κ2) is 6.67. The Bertz CT molecular complexity index is 919. The van der Waals surface area contributed by atoms with E-state index in [2.05, 4.69) is 24.8 Å². The molecule has 4 saturated heterocycles. The second-order valence-electron chi connectivity index (χ2n) is 8.23. The SMILES string of the molecule is Nc1cc(C(F)F)c(-c2nc(N3C4COCC3C4)nc(N3C4COCC3C4)n2)cn1. The summed E-state index contributed by atoms with van der Waals surface area (Å²) >= 11 is 0. The molecule has 30 heavy (non-hydrogen) atoms. The number of ether oxygens (including phenoxy) is 2. The van der Waals surface area contributed by atoms with Gasteiger partial charge in [-0.25, -0.2) is 13.8 Å². The van der Waals surface area contributed by atoms with Gasteiger partial charge in [0, 0.05) is 17.3 Å². The molecule has 2 aromatic heterocycles. The van der Waals surface area contributed by atoms with E-state index in [1.807, 2.05) is 0 Å². The maximum absolute atomic E-state index is 13.7. The molecule has 6 rings (SSSR count). The highest BCUT2D eigenvalue weighted by Gasteiger charge is 2.47. The van der Waals surface area contributed by atoms with Crippen LogP contribution in [-0.2, 0) is 9.47 Å². The number of hydrogen-bond acceptors (Lipinski definition) is 9. The Morgan fingerprint density at radius 1 is 0.900 bits per heavy atom. The van der Waals surface area contributed by atoms with E-state index >= 15 is 0 Å². The first kappa shape index (κ1) is 18.1. The Hall–Kier alpha value is -2.66. The summed E-state index contributed by atoms with van der Waals surface area (Å²) in [7, 11) is 0. The van der Waals surface area contributed by atoms with Crippen LogP contribution in [0.5, 0.6) is 0 Å². The summed E-state index contributed by atoms with van der Waals surface area (Å²) in [5.74, 6) is 1.23. The number of rotatable bonds is 4. The van der Waals surface area contributed by atoms with Gasteiger partial charge in [0.05, 0.1) is 50.6 Å². The fraction of sp³-hybridized carbons (Fsp3) is 0.579. The molecule has 4 atom stereocenters. The lowest BCUT2D eigenvalue weighted by Crippen LogP contribution is -2.65. The molecule has 4 fully saturated rings. The third kappa shape index (κ3) is 2.72. The van der Waals surface area contributed by atoms with E-state index in [-0.39, 0.29) is 46.9 Å². The predicted molar refractivity (Wildman–Crippen MR) is 103 cm³/mol. The zero-order chi connectivity index (χ0) is 20.4. The lowest BCUT2D eigenvalue weighted by molar-refractivity contribution is 0.00731. The summed E-state index contributed by atoms with van der Waals surface area (Å²) in [6.45, 7) is 2.45. The van der Waals surface area contributed by atoms with Gasteiger partial charge >= 0.3 is 0 Å². The number of halogens is 2. The van der Waals surface area contributed by atoms with Crippen LogP contribution in [0.3, 0.4) is 0 Å². The van der Waals surface area contributed by atoms with Gasteiger partial charge in [-0.2, -0.15) is 15.0 Å². The number of aromatic nitrogens is 4. The van der Waals surface area contributed by atoms with E-state index in [4.69, 9.17) is 20.2 Å². The Kier molecular flexibility index (Phi) is 4.03. The molecule has 0 aromatic carbocycles. The number of hydrogen-bond donors (Lipinski definition) is 1. The van der Waals surface area contributed by atoms with Crippen molar-refractivity contribution in [1.29, 1.82) is 0 Å².